The molecule has 0 amide bonds. The van der Waals surface area contributed by atoms with E-state index in [4.69, 9.17) is 0 Å². The van der Waals surface area contributed by atoms with E-state index in [-0.39, 0.29) is 5.92 Å². The lowest BCUT2D eigenvalue weighted by molar-refractivity contribution is 0.821. The Labute approximate surface area is 309 Å². The first-order valence-corrected chi connectivity index (χ1v) is 18.7. The van der Waals surface area contributed by atoms with Gasteiger partial charge in [-0.15, -0.1) is 0 Å². The first-order chi connectivity index (χ1) is 26.3. The lowest BCUT2D eigenvalue weighted by Crippen LogP contribution is -2.03. The van der Waals surface area contributed by atoms with Crippen molar-refractivity contribution in [3.8, 4) is 39.1 Å². The molecule has 2 aliphatic rings. The summed E-state index contributed by atoms with van der Waals surface area (Å²) in [6.45, 7) is 0. The molecule has 2 nitrogen and oxygen atoms in total. The molecule has 7 aromatic carbocycles. The zero-order chi connectivity index (χ0) is 34.9. The maximum Gasteiger partial charge on any atom is 0.0541 e. The van der Waals surface area contributed by atoms with Crippen LogP contribution in [0.25, 0.3) is 60.9 Å². The highest BCUT2D eigenvalue weighted by Gasteiger charge is 2.30. The van der Waals surface area contributed by atoms with Gasteiger partial charge in [-0.3, -0.25) is 4.98 Å². The zero-order valence-electron chi connectivity index (χ0n) is 29.3. The average molecular weight is 677 g/mol. The predicted molar refractivity (Wildman–Crippen MR) is 219 cm³/mol. The molecular formula is C51H36N2. The fourth-order valence-electron chi connectivity index (χ4n) is 9.42. The third-order valence-corrected chi connectivity index (χ3v) is 11.8. The van der Waals surface area contributed by atoms with Crippen molar-refractivity contribution in [1.82, 2.24) is 9.55 Å². The van der Waals surface area contributed by atoms with Crippen molar-refractivity contribution in [3.05, 3.63) is 216 Å². The molecule has 0 saturated heterocycles. The van der Waals surface area contributed by atoms with Crippen molar-refractivity contribution in [1.29, 1.82) is 0 Å². The Morgan fingerprint density at radius 2 is 1.08 bits per heavy atom. The van der Waals surface area contributed by atoms with Crippen LogP contribution in [0.3, 0.4) is 0 Å². The summed E-state index contributed by atoms with van der Waals surface area (Å²) in [4.78, 5) is 4.60. The molecule has 0 saturated carbocycles. The minimum absolute atomic E-state index is 0.250. The van der Waals surface area contributed by atoms with Crippen LogP contribution in [0, 0.1) is 0 Å². The minimum Gasteiger partial charge on any atom is -0.309 e. The Balaban J connectivity index is 0.964. The van der Waals surface area contributed by atoms with Crippen LogP contribution in [0.5, 0.6) is 0 Å². The molecule has 0 N–H and O–H groups in total. The Morgan fingerprint density at radius 1 is 0.415 bits per heavy atom. The molecule has 250 valence electrons. The third kappa shape index (κ3) is 4.83. The second kappa shape index (κ2) is 12.0. The second-order valence-electron chi connectivity index (χ2n) is 14.7. The smallest absolute Gasteiger partial charge is 0.0541 e. The van der Waals surface area contributed by atoms with Gasteiger partial charge in [-0.1, -0.05) is 127 Å². The summed E-state index contributed by atoms with van der Waals surface area (Å²) < 4.78 is 2.46. The summed E-state index contributed by atoms with van der Waals surface area (Å²) >= 11 is 0. The highest BCUT2D eigenvalue weighted by molar-refractivity contribution is 6.09. The molecule has 0 fully saturated rings. The van der Waals surface area contributed by atoms with Crippen LogP contribution in [0.1, 0.15) is 45.2 Å². The summed E-state index contributed by atoms with van der Waals surface area (Å²) in [6, 6.07) is 63.0. The molecule has 9 aromatic rings. The largest absolute Gasteiger partial charge is 0.309 e. The maximum atomic E-state index is 4.60. The normalized spacial score (nSPS) is 14.3. The highest BCUT2D eigenvalue weighted by Crippen LogP contribution is 2.48. The van der Waals surface area contributed by atoms with Crippen molar-refractivity contribution in [3.63, 3.8) is 0 Å². The Kier molecular flexibility index (Phi) is 6.85. The molecule has 0 aliphatic heterocycles. The molecule has 2 aromatic heterocycles. The number of rotatable bonds is 6. The van der Waals surface area contributed by atoms with Crippen molar-refractivity contribution >= 4 is 21.8 Å². The van der Waals surface area contributed by atoms with Gasteiger partial charge in [0.1, 0.15) is 0 Å². The fourth-order valence-corrected chi connectivity index (χ4v) is 9.42. The fraction of sp³-hybridized carbons (Fsp3) is 0.0784. The van der Waals surface area contributed by atoms with Crippen molar-refractivity contribution in [2.75, 3.05) is 0 Å². The molecule has 1 unspecified atom stereocenters. The number of hydrogen-bond donors (Lipinski definition) is 0. The first kappa shape index (κ1) is 30.1. The third-order valence-electron chi connectivity index (χ3n) is 11.8. The van der Waals surface area contributed by atoms with Crippen LogP contribution < -0.4 is 0 Å². The first-order valence-electron chi connectivity index (χ1n) is 18.7. The van der Waals surface area contributed by atoms with Gasteiger partial charge < -0.3 is 4.57 Å². The lowest BCUT2D eigenvalue weighted by Gasteiger charge is -2.16. The van der Waals surface area contributed by atoms with Gasteiger partial charge in [-0.25, -0.2) is 0 Å². The summed E-state index contributed by atoms with van der Waals surface area (Å²) in [5, 5.41) is 2.60. The predicted octanol–water partition coefficient (Wildman–Crippen LogP) is 12.6. The van der Waals surface area contributed by atoms with E-state index in [1.54, 1.807) is 0 Å². The van der Waals surface area contributed by atoms with Crippen LogP contribution in [0.4, 0.5) is 0 Å². The number of benzene rings is 7. The van der Waals surface area contributed by atoms with Crippen molar-refractivity contribution in [2.24, 2.45) is 0 Å². The van der Waals surface area contributed by atoms with Crippen LogP contribution in [-0.4, -0.2) is 9.55 Å². The molecule has 2 aliphatic carbocycles. The number of fused-ring (bicyclic) bond motifs is 9. The van der Waals surface area contributed by atoms with Gasteiger partial charge >= 0.3 is 0 Å². The lowest BCUT2D eigenvalue weighted by atomic mass is 9.89. The number of pyridine rings is 1. The molecule has 0 spiro atoms. The average Bonchev–Trinajstić information content (AvgIpc) is 3.84. The molecule has 0 bridgehead atoms. The van der Waals surface area contributed by atoms with Gasteiger partial charge in [-0.05, 0) is 122 Å². The molecule has 2 heterocycles. The summed E-state index contributed by atoms with van der Waals surface area (Å²) in [5.74, 6) is 0.608. The summed E-state index contributed by atoms with van der Waals surface area (Å²) in [5.41, 5.74) is 19.8. The molecular weight excluding hydrogens is 641 g/mol. The van der Waals surface area contributed by atoms with Crippen LogP contribution in [0.15, 0.2) is 182 Å². The van der Waals surface area contributed by atoms with Crippen LogP contribution in [-0.2, 0) is 12.8 Å². The van der Waals surface area contributed by atoms with Crippen LogP contribution in [0.2, 0.25) is 0 Å². The SMILES string of the molecule is c1ccc(-c2ccc3c(c2)-c2ccncc2C3Cc2cccc(-n3c4ccccc4c4cc(CC5c6ccccc6-c6ccccc65)ccc43)c2)cc1. The molecule has 0 radical (unpaired) electrons. The molecule has 1 atom stereocenters. The van der Waals surface area contributed by atoms with Gasteiger partial charge in [0.15, 0.2) is 0 Å². The van der Waals surface area contributed by atoms with Gasteiger partial charge in [0, 0.05) is 40.7 Å². The van der Waals surface area contributed by atoms with E-state index in [9.17, 15) is 0 Å². The molecule has 11 rings (SSSR count). The van der Waals surface area contributed by atoms with E-state index < -0.39 is 0 Å². The zero-order valence-corrected chi connectivity index (χ0v) is 29.3. The van der Waals surface area contributed by atoms with Gasteiger partial charge in [0.2, 0.25) is 0 Å². The molecule has 53 heavy (non-hydrogen) atoms. The van der Waals surface area contributed by atoms with Gasteiger partial charge in [0.05, 0.1) is 11.0 Å². The van der Waals surface area contributed by atoms with Crippen molar-refractivity contribution < 1.29 is 0 Å². The number of aromatic nitrogens is 2. The van der Waals surface area contributed by atoms with E-state index in [1.807, 2.05) is 6.20 Å². The Morgan fingerprint density at radius 3 is 1.91 bits per heavy atom. The highest BCUT2D eigenvalue weighted by atomic mass is 15.0. The van der Waals surface area contributed by atoms with Gasteiger partial charge in [0.25, 0.3) is 0 Å². The standard InChI is InChI=1S/C51H36N2/c1-2-12-35(13-3-1)36-22-23-42-46(49-32-52-26-25-43(49)47(42)31-36)28-33-11-10-14-37(27-33)53-50-20-9-8-19-44(50)48-30-34(21-24-51(48)53)29-45-40-17-6-4-15-38(40)39-16-5-7-18-41(39)45/h1-27,30-32,45-46H,28-29H2. The second-order valence-corrected chi connectivity index (χ2v) is 14.7. The van der Waals surface area contributed by atoms with Crippen molar-refractivity contribution in [2.45, 2.75) is 24.7 Å². The monoisotopic (exact) mass is 676 g/mol. The van der Waals surface area contributed by atoms with E-state index in [0.717, 1.165) is 12.8 Å². The Hall–Kier alpha value is -6.51. The quantitative estimate of drug-likeness (QED) is 0.171. The topological polar surface area (TPSA) is 17.8 Å². The van der Waals surface area contributed by atoms with Crippen LogP contribution >= 0.6 is 0 Å². The van der Waals surface area contributed by atoms with E-state index in [1.165, 1.54) is 94.3 Å². The minimum atomic E-state index is 0.250. The van der Waals surface area contributed by atoms with E-state index >= 15 is 0 Å². The number of nitrogens with zero attached hydrogens (tertiary/aromatic N) is 2. The summed E-state index contributed by atoms with van der Waals surface area (Å²) in [7, 11) is 0. The van der Waals surface area contributed by atoms with E-state index in [0.29, 0.717) is 5.92 Å². The maximum absolute atomic E-state index is 4.60. The Bertz CT molecular complexity index is 2810. The number of para-hydroxylation sites is 1. The molecule has 2 heteroatoms. The van der Waals surface area contributed by atoms with E-state index in [2.05, 4.69) is 186 Å². The number of hydrogen-bond acceptors (Lipinski definition) is 1. The van der Waals surface area contributed by atoms with Gasteiger partial charge in [-0.2, -0.15) is 0 Å². The summed E-state index contributed by atoms with van der Waals surface area (Å²) in [6.07, 6.45) is 5.90.